The lowest BCUT2D eigenvalue weighted by Gasteiger charge is -2.28. The first-order valence-corrected chi connectivity index (χ1v) is 5.20. The maximum Gasteiger partial charge on any atom is 0.0701 e. The average Bonchev–Trinajstić information content (AvgIpc) is 2.29. The van der Waals surface area contributed by atoms with Gasteiger partial charge in [0.1, 0.15) is 0 Å². The van der Waals surface area contributed by atoms with Crippen molar-refractivity contribution in [1.82, 2.24) is 0 Å². The van der Waals surface area contributed by atoms with Crippen LogP contribution in [0, 0.1) is 5.41 Å². The highest BCUT2D eigenvalue weighted by Gasteiger charge is 2.25. The molecular weight excluding hydrogens is 196 g/mol. The van der Waals surface area contributed by atoms with Crippen LogP contribution in [0.5, 0.6) is 0 Å². The van der Waals surface area contributed by atoms with E-state index >= 15 is 0 Å². The molecule has 0 atom stereocenters. The normalized spacial score (nSPS) is 12.0. The minimum atomic E-state index is -0.298. The maximum absolute atomic E-state index is 5.60. The van der Waals surface area contributed by atoms with E-state index in [9.17, 15) is 0 Å². The zero-order valence-corrected chi connectivity index (χ0v) is 9.28. The second-order valence-corrected chi connectivity index (χ2v) is 3.57. The predicted molar refractivity (Wildman–Crippen MR) is 60.3 cm³/mol. The molecule has 0 bridgehead atoms. The van der Waals surface area contributed by atoms with Crippen LogP contribution in [-0.4, -0.2) is 52.6 Å². The van der Waals surface area contributed by atoms with Crippen LogP contribution >= 0.6 is 0 Å². The fourth-order valence-electron chi connectivity index (χ4n) is 1.02. The molecule has 6 heteroatoms. The molecule has 0 aromatic heterocycles. The Kier molecular flexibility index (Phi) is 8.88. The van der Waals surface area contributed by atoms with Crippen molar-refractivity contribution in [2.45, 2.75) is 0 Å². The van der Waals surface area contributed by atoms with Crippen molar-refractivity contribution in [3.05, 3.63) is 0 Å². The van der Waals surface area contributed by atoms with Gasteiger partial charge in [-0.1, -0.05) is 0 Å². The summed E-state index contributed by atoms with van der Waals surface area (Å²) in [5.41, 5.74) is 21.8. The van der Waals surface area contributed by atoms with Crippen LogP contribution in [0.4, 0.5) is 0 Å². The molecule has 0 unspecified atom stereocenters. The van der Waals surface area contributed by atoms with Crippen molar-refractivity contribution in [2.75, 3.05) is 52.6 Å². The van der Waals surface area contributed by atoms with Gasteiger partial charge in [0, 0.05) is 31.6 Å². The SMILES string of the molecule is NCCOCCOCC(CN)(CN)CN. The van der Waals surface area contributed by atoms with E-state index < -0.39 is 0 Å². The van der Waals surface area contributed by atoms with Gasteiger partial charge in [-0.2, -0.15) is 0 Å². The second kappa shape index (κ2) is 9.02. The lowest BCUT2D eigenvalue weighted by atomic mass is 9.89. The highest BCUT2D eigenvalue weighted by Crippen LogP contribution is 2.11. The third-order valence-electron chi connectivity index (χ3n) is 2.34. The van der Waals surface area contributed by atoms with Crippen LogP contribution in [-0.2, 0) is 9.47 Å². The van der Waals surface area contributed by atoms with E-state index in [-0.39, 0.29) is 5.41 Å². The van der Waals surface area contributed by atoms with Gasteiger partial charge in [0.2, 0.25) is 0 Å². The Hall–Kier alpha value is -0.240. The van der Waals surface area contributed by atoms with Crippen LogP contribution in [0.15, 0.2) is 0 Å². The third-order valence-corrected chi connectivity index (χ3v) is 2.34. The van der Waals surface area contributed by atoms with Gasteiger partial charge in [-0.05, 0) is 0 Å². The molecule has 0 rings (SSSR count). The molecule has 92 valence electrons. The van der Waals surface area contributed by atoms with Crippen molar-refractivity contribution >= 4 is 0 Å². The summed E-state index contributed by atoms with van der Waals surface area (Å²) in [5, 5.41) is 0. The molecule has 8 N–H and O–H groups in total. The molecule has 0 saturated heterocycles. The summed E-state index contributed by atoms with van der Waals surface area (Å²) in [6, 6.07) is 0. The van der Waals surface area contributed by atoms with E-state index in [4.69, 9.17) is 32.4 Å². The summed E-state index contributed by atoms with van der Waals surface area (Å²) in [7, 11) is 0. The summed E-state index contributed by atoms with van der Waals surface area (Å²) >= 11 is 0. The lowest BCUT2D eigenvalue weighted by Crippen LogP contribution is -2.47. The van der Waals surface area contributed by atoms with Gasteiger partial charge in [0.25, 0.3) is 0 Å². The fraction of sp³-hybridized carbons (Fsp3) is 1.00. The standard InChI is InChI=1S/C9H24N4O2/c10-1-2-14-3-4-15-8-9(5-11,6-12)7-13/h1-8,10-13H2. The quantitative estimate of drug-likeness (QED) is 0.311. The zero-order chi connectivity index (χ0) is 11.6. The fourth-order valence-corrected chi connectivity index (χ4v) is 1.02. The highest BCUT2D eigenvalue weighted by molar-refractivity contribution is 4.82. The summed E-state index contributed by atoms with van der Waals surface area (Å²) in [5.74, 6) is 0. The van der Waals surface area contributed by atoms with E-state index in [0.717, 1.165) is 0 Å². The monoisotopic (exact) mass is 220 g/mol. The number of hydrogen-bond donors (Lipinski definition) is 4. The molecular formula is C9H24N4O2. The number of hydrogen-bond acceptors (Lipinski definition) is 6. The van der Waals surface area contributed by atoms with E-state index in [1.165, 1.54) is 0 Å². The predicted octanol–water partition coefficient (Wildman–Crippen LogP) is -2.16. The molecule has 0 aliphatic carbocycles. The van der Waals surface area contributed by atoms with E-state index in [2.05, 4.69) is 0 Å². The van der Waals surface area contributed by atoms with Crippen LogP contribution < -0.4 is 22.9 Å². The molecule has 0 aliphatic heterocycles. The van der Waals surface area contributed by atoms with Crippen LogP contribution in [0.3, 0.4) is 0 Å². The van der Waals surface area contributed by atoms with Crippen molar-refractivity contribution in [3.8, 4) is 0 Å². The molecule has 15 heavy (non-hydrogen) atoms. The van der Waals surface area contributed by atoms with Crippen LogP contribution in [0.2, 0.25) is 0 Å². The Morgan fingerprint density at radius 2 is 1.27 bits per heavy atom. The van der Waals surface area contributed by atoms with Gasteiger partial charge in [0.05, 0.1) is 26.4 Å². The minimum absolute atomic E-state index is 0.298. The first-order valence-electron chi connectivity index (χ1n) is 5.20. The molecule has 0 aliphatic rings. The van der Waals surface area contributed by atoms with E-state index in [1.807, 2.05) is 0 Å². The van der Waals surface area contributed by atoms with E-state index in [0.29, 0.717) is 52.6 Å². The molecule has 0 saturated carbocycles. The molecule has 6 nitrogen and oxygen atoms in total. The Labute approximate surface area is 91.2 Å². The molecule has 0 aromatic rings. The summed E-state index contributed by atoms with van der Waals surface area (Å²) in [6.45, 7) is 3.91. The second-order valence-electron chi connectivity index (χ2n) is 3.57. The Balaban J connectivity index is 3.54. The summed E-state index contributed by atoms with van der Waals surface area (Å²) in [4.78, 5) is 0. The molecule has 0 spiro atoms. The maximum atomic E-state index is 5.60. The Bertz CT molecular complexity index is 134. The van der Waals surface area contributed by atoms with Gasteiger partial charge >= 0.3 is 0 Å². The van der Waals surface area contributed by atoms with E-state index in [1.54, 1.807) is 0 Å². The van der Waals surface area contributed by atoms with Crippen molar-refractivity contribution in [3.63, 3.8) is 0 Å². The summed E-state index contributed by atoms with van der Waals surface area (Å²) < 4.78 is 10.6. The molecule has 0 aromatic carbocycles. The van der Waals surface area contributed by atoms with Gasteiger partial charge < -0.3 is 32.4 Å². The zero-order valence-electron chi connectivity index (χ0n) is 9.28. The first-order chi connectivity index (χ1) is 7.24. The third kappa shape index (κ3) is 6.03. The summed E-state index contributed by atoms with van der Waals surface area (Å²) in [6.07, 6.45) is 0. The molecule has 0 amide bonds. The lowest BCUT2D eigenvalue weighted by molar-refractivity contribution is 0.0135. The number of nitrogens with two attached hydrogens (primary N) is 4. The largest absolute Gasteiger partial charge is 0.378 e. The van der Waals surface area contributed by atoms with Gasteiger partial charge in [-0.15, -0.1) is 0 Å². The van der Waals surface area contributed by atoms with Crippen LogP contribution in [0.1, 0.15) is 0 Å². The Morgan fingerprint density at radius 3 is 1.73 bits per heavy atom. The van der Waals surface area contributed by atoms with Crippen LogP contribution in [0.25, 0.3) is 0 Å². The molecule has 0 heterocycles. The highest BCUT2D eigenvalue weighted by atomic mass is 16.5. The molecule has 0 radical (unpaired) electrons. The van der Waals surface area contributed by atoms with Gasteiger partial charge in [-0.3, -0.25) is 0 Å². The van der Waals surface area contributed by atoms with Crippen molar-refractivity contribution in [1.29, 1.82) is 0 Å². The number of ether oxygens (including phenoxy) is 2. The van der Waals surface area contributed by atoms with Gasteiger partial charge in [0.15, 0.2) is 0 Å². The number of rotatable bonds is 10. The van der Waals surface area contributed by atoms with Crippen molar-refractivity contribution < 1.29 is 9.47 Å². The first kappa shape index (κ1) is 14.8. The topological polar surface area (TPSA) is 123 Å². The molecule has 0 fully saturated rings. The minimum Gasteiger partial charge on any atom is -0.378 e. The van der Waals surface area contributed by atoms with Gasteiger partial charge in [-0.25, -0.2) is 0 Å². The average molecular weight is 220 g/mol. The smallest absolute Gasteiger partial charge is 0.0701 e. The van der Waals surface area contributed by atoms with Crippen molar-refractivity contribution in [2.24, 2.45) is 28.3 Å². The Morgan fingerprint density at radius 1 is 0.733 bits per heavy atom.